The molecule has 4 nitrogen and oxygen atoms in total. The molecule has 6 N–H and O–H groups in total. The Balaban J connectivity index is 2.68. The first-order chi connectivity index (χ1) is 7.99. The molecule has 0 radical (unpaired) electrons. The van der Waals surface area contributed by atoms with E-state index in [1.54, 1.807) is 0 Å². The Morgan fingerprint density at radius 2 is 1.71 bits per heavy atom. The predicted octanol–water partition coefficient (Wildman–Crippen LogP) is 1.77. The molecule has 0 saturated carbocycles. The number of pyridine rings is 1. The number of benzene rings is 1. The van der Waals surface area contributed by atoms with Crippen molar-refractivity contribution < 1.29 is 8.78 Å². The summed E-state index contributed by atoms with van der Waals surface area (Å²) < 4.78 is 26.3. The van der Waals surface area contributed by atoms with Gasteiger partial charge in [0, 0.05) is 17.3 Å². The second-order valence-electron chi connectivity index (χ2n) is 3.56. The van der Waals surface area contributed by atoms with Crippen molar-refractivity contribution in [1.29, 1.82) is 0 Å². The van der Waals surface area contributed by atoms with Gasteiger partial charge >= 0.3 is 0 Å². The Labute approximate surface area is 96.1 Å². The van der Waals surface area contributed by atoms with E-state index in [-0.39, 0.29) is 22.6 Å². The van der Waals surface area contributed by atoms with Crippen molar-refractivity contribution in [2.75, 3.05) is 17.2 Å². The highest BCUT2D eigenvalue weighted by Crippen LogP contribution is 2.32. The molecule has 0 spiro atoms. The summed E-state index contributed by atoms with van der Waals surface area (Å²) in [5.41, 5.74) is 17.8. The van der Waals surface area contributed by atoms with Crippen molar-refractivity contribution in [3.05, 3.63) is 36.0 Å². The van der Waals surface area contributed by atoms with E-state index in [1.165, 1.54) is 12.1 Å². The highest BCUT2D eigenvalue weighted by molar-refractivity contribution is 5.86. The average Bonchev–Trinajstić information content (AvgIpc) is 2.24. The first-order valence-corrected chi connectivity index (χ1v) is 4.75. The monoisotopic (exact) mass is 236 g/mol. The zero-order valence-electron chi connectivity index (χ0n) is 8.74. The normalized spacial score (nSPS) is 10.5. The lowest BCUT2D eigenvalue weighted by molar-refractivity contribution is 0.576. The molecule has 0 unspecified atom stereocenters. The lowest BCUT2D eigenvalue weighted by atomic mass is 10.1. The van der Waals surface area contributed by atoms with Crippen molar-refractivity contribution in [3.8, 4) is 11.3 Å². The number of nitrogens with zero attached hydrogens (tertiary/aromatic N) is 1. The highest BCUT2D eigenvalue weighted by atomic mass is 19.1. The molecule has 2 rings (SSSR count). The summed E-state index contributed by atoms with van der Waals surface area (Å²) in [6, 6.07) is 3.62. The minimum atomic E-state index is -0.818. The fourth-order valence-corrected chi connectivity index (χ4v) is 1.51. The maximum Gasteiger partial charge on any atom is 0.152 e. The Hall–Kier alpha value is -2.37. The Bertz CT molecular complexity index is 584. The van der Waals surface area contributed by atoms with Gasteiger partial charge in [0.2, 0.25) is 0 Å². The van der Waals surface area contributed by atoms with E-state index in [1.807, 2.05) is 0 Å². The number of hydrogen-bond donors (Lipinski definition) is 3. The van der Waals surface area contributed by atoms with Crippen LogP contribution in [-0.2, 0) is 0 Å². The zero-order valence-corrected chi connectivity index (χ0v) is 8.74. The van der Waals surface area contributed by atoms with Crippen molar-refractivity contribution >= 4 is 17.1 Å². The van der Waals surface area contributed by atoms with Crippen LogP contribution < -0.4 is 17.2 Å². The van der Waals surface area contributed by atoms with Crippen molar-refractivity contribution in [3.63, 3.8) is 0 Å². The molecule has 0 fully saturated rings. The molecular weight excluding hydrogens is 226 g/mol. The molecule has 88 valence electrons. The largest absolute Gasteiger partial charge is 0.399 e. The van der Waals surface area contributed by atoms with Crippen LogP contribution in [-0.4, -0.2) is 4.98 Å². The number of nitrogens with two attached hydrogens (primary N) is 3. The standard InChI is InChI=1S/C11H10F2N4/c12-5-1-8(13)11(17-4-5)7-2-6(14)3-9(15)10(7)16/h1-4H,14-16H2. The molecule has 0 atom stereocenters. The minimum absolute atomic E-state index is 0.0806. The van der Waals surface area contributed by atoms with E-state index in [0.717, 1.165) is 12.3 Å². The number of anilines is 3. The van der Waals surface area contributed by atoms with E-state index >= 15 is 0 Å². The highest BCUT2D eigenvalue weighted by Gasteiger charge is 2.13. The average molecular weight is 236 g/mol. The third-order valence-corrected chi connectivity index (χ3v) is 2.30. The summed E-state index contributed by atoms with van der Waals surface area (Å²) in [5.74, 6) is -1.58. The number of aromatic nitrogens is 1. The second kappa shape index (κ2) is 3.89. The van der Waals surface area contributed by atoms with Crippen LogP contribution in [0.2, 0.25) is 0 Å². The van der Waals surface area contributed by atoms with E-state index in [2.05, 4.69) is 4.98 Å². The van der Waals surface area contributed by atoms with Crippen LogP contribution in [0, 0.1) is 11.6 Å². The maximum absolute atomic E-state index is 13.5. The molecule has 1 aromatic carbocycles. The summed E-state index contributed by atoms with van der Waals surface area (Å²) in [5, 5.41) is 0. The van der Waals surface area contributed by atoms with Crippen LogP contribution in [0.3, 0.4) is 0 Å². The van der Waals surface area contributed by atoms with E-state index in [0.29, 0.717) is 5.69 Å². The molecule has 0 aliphatic rings. The van der Waals surface area contributed by atoms with Crippen LogP contribution in [0.4, 0.5) is 25.8 Å². The molecule has 0 amide bonds. The summed E-state index contributed by atoms with van der Waals surface area (Å²) in [6.45, 7) is 0. The smallest absolute Gasteiger partial charge is 0.152 e. The SMILES string of the molecule is Nc1cc(N)c(N)c(-c2ncc(F)cc2F)c1. The van der Waals surface area contributed by atoms with Crippen molar-refractivity contribution in [2.45, 2.75) is 0 Å². The number of halogens is 2. The Morgan fingerprint density at radius 3 is 2.35 bits per heavy atom. The quantitative estimate of drug-likeness (QED) is 0.658. The number of nitrogen functional groups attached to an aromatic ring is 3. The summed E-state index contributed by atoms with van der Waals surface area (Å²) >= 11 is 0. The summed E-state index contributed by atoms with van der Waals surface area (Å²) in [6.07, 6.45) is 0.900. The lowest BCUT2D eigenvalue weighted by Crippen LogP contribution is -2.02. The van der Waals surface area contributed by atoms with Gasteiger partial charge in [0.25, 0.3) is 0 Å². The van der Waals surface area contributed by atoms with Crippen LogP contribution in [0.1, 0.15) is 0 Å². The fourth-order valence-electron chi connectivity index (χ4n) is 1.51. The molecule has 1 heterocycles. The van der Waals surface area contributed by atoms with Gasteiger partial charge in [-0.25, -0.2) is 8.78 Å². The van der Waals surface area contributed by atoms with Crippen LogP contribution in [0.25, 0.3) is 11.3 Å². The van der Waals surface area contributed by atoms with E-state index < -0.39 is 11.6 Å². The zero-order chi connectivity index (χ0) is 12.6. The molecule has 2 aromatic rings. The van der Waals surface area contributed by atoms with Gasteiger partial charge in [-0.3, -0.25) is 4.98 Å². The van der Waals surface area contributed by atoms with Gasteiger partial charge in [-0.05, 0) is 12.1 Å². The van der Waals surface area contributed by atoms with Crippen LogP contribution in [0.15, 0.2) is 24.4 Å². The van der Waals surface area contributed by atoms with Crippen molar-refractivity contribution in [2.24, 2.45) is 0 Å². The molecule has 0 saturated heterocycles. The van der Waals surface area contributed by atoms with Gasteiger partial charge < -0.3 is 17.2 Å². The topological polar surface area (TPSA) is 91.0 Å². The molecule has 0 aliphatic heterocycles. The molecule has 0 bridgehead atoms. The summed E-state index contributed by atoms with van der Waals surface area (Å²) in [7, 11) is 0. The van der Waals surface area contributed by atoms with E-state index in [4.69, 9.17) is 17.2 Å². The summed E-state index contributed by atoms with van der Waals surface area (Å²) in [4.78, 5) is 3.65. The lowest BCUT2D eigenvalue weighted by Gasteiger charge is -2.09. The first kappa shape index (κ1) is 11.1. The third-order valence-electron chi connectivity index (χ3n) is 2.30. The molecule has 6 heteroatoms. The van der Waals surface area contributed by atoms with Crippen molar-refractivity contribution in [1.82, 2.24) is 4.98 Å². The third kappa shape index (κ3) is 1.96. The van der Waals surface area contributed by atoms with Gasteiger partial charge in [0.05, 0.1) is 17.6 Å². The van der Waals surface area contributed by atoms with Gasteiger partial charge in [0.15, 0.2) is 5.82 Å². The van der Waals surface area contributed by atoms with Gasteiger partial charge in [0.1, 0.15) is 11.5 Å². The number of rotatable bonds is 1. The fraction of sp³-hybridized carbons (Fsp3) is 0. The van der Waals surface area contributed by atoms with Crippen LogP contribution >= 0.6 is 0 Å². The van der Waals surface area contributed by atoms with E-state index in [9.17, 15) is 8.78 Å². The number of hydrogen-bond acceptors (Lipinski definition) is 4. The molecule has 1 aromatic heterocycles. The van der Waals surface area contributed by atoms with Crippen LogP contribution in [0.5, 0.6) is 0 Å². The first-order valence-electron chi connectivity index (χ1n) is 4.75. The Kier molecular flexibility index (Phi) is 2.55. The minimum Gasteiger partial charge on any atom is -0.399 e. The maximum atomic E-state index is 13.5. The van der Waals surface area contributed by atoms with Gasteiger partial charge in [-0.1, -0.05) is 0 Å². The second-order valence-corrected chi connectivity index (χ2v) is 3.56. The molecule has 17 heavy (non-hydrogen) atoms. The van der Waals surface area contributed by atoms with Gasteiger partial charge in [-0.15, -0.1) is 0 Å². The predicted molar refractivity (Wildman–Crippen MR) is 62.8 cm³/mol. The molecule has 0 aliphatic carbocycles. The van der Waals surface area contributed by atoms with Gasteiger partial charge in [-0.2, -0.15) is 0 Å². The Morgan fingerprint density at radius 1 is 1.00 bits per heavy atom. The molecular formula is C11H10F2N4.